The number of anilines is 3. The fourth-order valence-corrected chi connectivity index (χ4v) is 4.19. The van der Waals surface area contributed by atoms with Crippen LogP contribution in [0.5, 0.6) is 0 Å². The average molecular weight is 428 g/mol. The van der Waals surface area contributed by atoms with Crippen molar-refractivity contribution < 1.29 is 9.18 Å². The van der Waals surface area contributed by atoms with Gasteiger partial charge in [0.2, 0.25) is 5.95 Å². The maximum absolute atomic E-state index is 14.1. The number of hydrogen-bond acceptors (Lipinski definition) is 6. The molecule has 1 aromatic carbocycles. The van der Waals surface area contributed by atoms with E-state index in [1.807, 2.05) is 43.0 Å². The second-order valence-electron chi connectivity index (χ2n) is 8.10. The van der Waals surface area contributed by atoms with Crippen LogP contribution in [0.25, 0.3) is 0 Å². The standard InChI is InChI=1S/C22H30FN7O/c1-4-24-22(31)30-10-9-18-16(15-30)20(27(2)3)26-21(25-18)29-13-11-28(12-14-29)19-8-6-5-7-17(19)23/h5-8H,4,9-15H2,1-3H3,(H,24,31). The van der Waals surface area contributed by atoms with Crippen LogP contribution in [0.1, 0.15) is 18.2 Å². The molecule has 0 bridgehead atoms. The van der Waals surface area contributed by atoms with Gasteiger partial charge in [0.1, 0.15) is 11.6 Å². The van der Waals surface area contributed by atoms with Crippen LogP contribution in [-0.2, 0) is 13.0 Å². The third-order valence-electron chi connectivity index (χ3n) is 5.82. The number of nitrogens with zero attached hydrogens (tertiary/aromatic N) is 6. The molecule has 166 valence electrons. The summed E-state index contributed by atoms with van der Waals surface area (Å²) in [5, 5.41) is 2.87. The Balaban J connectivity index is 1.52. The van der Waals surface area contributed by atoms with Gasteiger partial charge in [-0.05, 0) is 19.1 Å². The van der Waals surface area contributed by atoms with Crippen molar-refractivity contribution in [2.24, 2.45) is 0 Å². The van der Waals surface area contributed by atoms with Gasteiger partial charge in [-0.25, -0.2) is 14.2 Å². The van der Waals surface area contributed by atoms with E-state index in [0.29, 0.717) is 50.8 Å². The lowest BCUT2D eigenvalue weighted by Gasteiger charge is -2.37. The SMILES string of the molecule is CCNC(=O)N1CCc2nc(N3CCN(c4ccccc4F)CC3)nc(N(C)C)c2C1. The maximum atomic E-state index is 14.1. The first kappa shape index (κ1) is 21.1. The van der Waals surface area contributed by atoms with Gasteiger partial charge in [0.05, 0.1) is 17.9 Å². The number of hydrogen-bond donors (Lipinski definition) is 1. The van der Waals surface area contributed by atoms with Gasteiger partial charge < -0.3 is 24.9 Å². The fraction of sp³-hybridized carbons (Fsp3) is 0.500. The molecule has 2 aliphatic heterocycles. The summed E-state index contributed by atoms with van der Waals surface area (Å²) in [7, 11) is 3.93. The van der Waals surface area contributed by atoms with Crippen molar-refractivity contribution in [2.75, 3.05) is 68.1 Å². The minimum atomic E-state index is -0.187. The van der Waals surface area contributed by atoms with Gasteiger partial charge in [0, 0.05) is 65.3 Å². The Bertz CT molecular complexity index is 943. The Morgan fingerprint density at radius 1 is 1.10 bits per heavy atom. The van der Waals surface area contributed by atoms with E-state index >= 15 is 0 Å². The molecule has 8 nitrogen and oxygen atoms in total. The van der Waals surface area contributed by atoms with Crippen LogP contribution < -0.4 is 20.0 Å². The van der Waals surface area contributed by atoms with Crippen LogP contribution in [-0.4, -0.2) is 74.3 Å². The van der Waals surface area contributed by atoms with E-state index in [9.17, 15) is 9.18 Å². The Morgan fingerprint density at radius 2 is 1.81 bits per heavy atom. The van der Waals surface area contributed by atoms with Gasteiger partial charge in [-0.3, -0.25) is 0 Å². The predicted octanol–water partition coefficient (Wildman–Crippen LogP) is 2.10. The number of halogens is 1. The lowest BCUT2D eigenvalue weighted by molar-refractivity contribution is 0.192. The Labute approximate surface area is 182 Å². The lowest BCUT2D eigenvalue weighted by Crippen LogP contribution is -2.48. The molecule has 9 heteroatoms. The third-order valence-corrected chi connectivity index (χ3v) is 5.82. The summed E-state index contributed by atoms with van der Waals surface area (Å²) < 4.78 is 14.1. The van der Waals surface area contributed by atoms with E-state index < -0.39 is 0 Å². The van der Waals surface area contributed by atoms with Crippen LogP contribution in [0.2, 0.25) is 0 Å². The van der Waals surface area contributed by atoms with Crippen LogP contribution in [0.4, 0.5) is 26.6 Å². The van der Waals surface area contributed by atoms with Gasteiger partial charge in [-0.1, -0.05) is 12.1 Å². The molecular weight excluding hydrogens is 397 g/mol. The first-order valence-electron chi connectivity index (χ1n) is 10.8. The molecule has 0 saturated carbocycles. The van der Waals surface area contributed by atoms with Crippen LogP contribution in [0.15, 0.2) is 24.3 Å². The molecule has 1 N–H and O–H groups in total. The summed E-state index contributed by atoms with van der Waals surface area (Å²) in [5.41, 5.74) is 2.66. The minimum Gasteiger partial charge on any atom is -0.366 e. The van der Waals surface area contributed by atoms with Gasteiger partial charge >= 0.3 is 6.03 Å². The van der Waals surface area contributed by atoms with Crippen LogP contribution >= 0.6 is 0 Å². The van der Waals surface area contributed by atoms with E-state index in [-0.39, 0.29) is 11.8 Å². The highest BCUT2D eigenvalue weighted by molar-refractivity contribution is 5.75. The van der Waals surface area contributed by atoms with Crippen LogP contribution in [0, 0.1) is 5.82 Å². The summed E-state index contributed by atoms with van der Waals surface area (Å²) in [5.74, 6) is 1.38. The van der Waals surface area contributed by atoms with Crippen LogP contribution in [0.3, 0.4) is 0 Å². The van der Waals surface area contributed by atoms with E-state index in [2.05, 4.69) is 15.1 Å². The molecule has 0 spiro atoms. The largest absolute Gasteiger partial charge is 0.366 e. The first-order chi connectivity index (χ1) is 15.0. The topological polar surface area (TPSA) is 67.8 Å². The van der Waals surface area contributed by atoms with Crippen molar-refractivity contribution in [3.63, 3.8) is 0 Å². The molecule has 1 saturated heterocycles. The second kappa shape index (κ2) is 8.95. The summed E-state index contributed by atoms with van der Waals surface area (Å²) in [6.45, 7) is 6.56. The number of fused-ring (bicyclic) bond motifs is 1. The fourth-order valence-electron chi connectivity index (χ4n) is 4.19. The number of para-hydroxylation sites is 1. The van der Waals surface area contributed by atoms with Crippen molar-refractivity contribution >= 4 is 23.5 Å². The summed E-state index contributed by atoms with van der Waals surface area (Å²) >= 11 is 0. The number of amides is 2. The van der Waals surface area contributed by atoms with E-state index in [1.54, 1.807) is 6.07 Å². The molecule has 2 aromatic rings. The lowest BCUT2D eigenvalue weighted by atomic mass is 10.1. The number of benzene rings is 1. The van der Waals surface area contributed by atoms with Crippen molar-refractivity contribution in [1.29, 1.82) is 0 Å². The highest BCUT2D eigenvalue weighted by Crippen LogP contribution is 2.29. The van der Waals surface area contributed by atoms with E-state index in [1.165, 1.54) is 6.07 Å². The molecule has 0 unspecified atom stereocenters. The number of aromatic nitrogens is 2. The highest BCUT2D eigenvalue weighted by Gasteiger charge is 2.28. The van der Waals surface area contributed by atoms with Crippen molar-refractivity contribution in [3.05, 3.63) is 41.3 Å². The molecular formula is C22H30FN7O. The summed E-state index contributed by atoms with van der Waals surface area (Å²) in [6, 6.07) is 6.86. The maximum Gasteiger partial charge on any atom is 0.317 e. The number of nitrogens with one attached hydrogen (secondary N) is 1. The molecule has 0 aliphatic carbocycles. The number of carbonyl (C=O) groups is 1. The Morgan fingerprint density at radius 3 is 2.48 bits per heavy atom. The third kappa shape index (κ3) is 4.35. The minimum absolute atomic E-state index is 0.0498. The zero-order chi connectivity index (χ0) is 22.0. The highest BCUT2D eigenvalue weighted by atomic mass is 19.1. The quantitative estimate of drug-likeness (QED) is 0.806. The molecule has 2 amide bonds. The number of carbonyl (C=O) groups excluding carboxylic acids is 1. The number of rotatable bonds is 4. The Kier molecular flexibility index (Phi) is 6.11. The van der Waals surface area contributed by atoms with Crippen molar-refractivity contribution in [1.82, 2.24) is 20.2 Å². The van der Waals surface area contributed by atoms with E-state index in [4.69, 9.17) is 9.97 Å². The number of piperazine rings is 1. The monoisotopic (exact) mass is 427 g/mol. The molecule has 0 atom stereocenters. The summed E-state index contributed by atoms with van der Waals surface area (Å²) in [4.78, 5) is 30.1. The zero-order valence-electron chi connectivity index (χ0n) is 18.4. The predicted molar refractivity (Wildman–Crippen MR) is 120 cm³/mol. The number of urea groups is 1. The smallest absolute Gasteiger partial charge is 0.317 e. The van der Waals surface area contributed by atoms with Crippen molar-refractivity contribution in [3.8, 4) is 0 Å². The normalized spacial score (nSPS) is 16.2. The van der Waals surface area contributed by atoms with Gasteiger partial charge in [-0.15, -0.1) is 0 Å². The molecule has 1 fully saturated rings. The van der Waals surface area contributed by atoms with Crippen molar-refractivity contribution in [2.45, 2.75) is 19.9 Å². The summed E-state index contributed by atoms with van der Waals surface area (Å²) in [6.07, 6.45) is 0.706. The van der Waals surface area contributed by atoms with Gasteiger partial charge in [0.25, 0.3) is 0 Å². The first-order valence-corrected chi connectivity index (χ1v) is 10.8. The van der Waals surface area contributed by atoms with Gasteiger partial charge in [0.15, 0.2) is 0 Å². The second-order valence-corrected chi connectivity index (χ2v) is 8.10. The molecule has 3 heterocycles. The molecule has 0 radical (unpaired) electrons. The molecule has 4 rings (SSSR count). The zero-order valence-corrected chi connectivity index (χ0v) is 18.4. The Hall–Kier alpha value is -3.10. The van der Waals surface area contributed by atoms with Gasteiger partial charge in [-0.2, -0.15) is 4.98 Å². The molecule has 2 aliphatic rings. The molecule has 31 heavy (non-hydrogen) atoms. The van der Waals surface area contributed by atoms with E-state index in [0.717, 1.165) is 30.2 Å². The average Bonchev–Trinajstić information content (AvgIpc) is 2.78. The molecule has 1 aromatic heterocycles.